The van der Waals surface area contributed by atoms with Crippen LogP contribution in [0.4, 0.5) is 0 Å². The van der Waals surface area contributed by atoms with Crippen molar-refractivity contribution in [2.75, 3.05) is 24.6 Å². The molecular weight excluding hydrogens is 250 g/mol. The number of H-pyrrole nitrogens is 1. The Bertz CT molecular complexity index is 498. The van der Waals surface area contributed by atoms with Crippen LogP contribution < -0.4 is 0 Å². The second-order valence-corrected chi connectivity index (χ2v) is 7.21. The predicted molar refractivity (Wildman–Crippen MR) is 60.0 cm³/mol. The minimum atomic E-state index is -3.47. The summed E-state index contributed by atoms with van der Waals surface area (Å²) < 4.78 is 36.8. The first-order chi connectivity index (χ1) is 7.51. The van der Waals surface area contributed by atoms with E-state index in [-0.39, 0.29) is 4.90 Å². The average Bonchev–Trinajstić information content (AvgIpc) is 2.66. The van der Waals surface area contributed by atoms with E-state index in [1.54, 1.807) is 6.92 Å². The highest BCUT2D eigenvalue weighted by molar-refractivity contribution is 7.89. The molecule has 0 atom stereocenters. The van der Waals surface area contributed by atoms with Crippen molar-refractivity contribution in [3.8, 4) is 0 Å². The fourth-order valence-electron chi connectivity index (χ4n) is 1.60. The van der Waals surface area contributed by atoms with E-state index in [1.165, 1.54) is 10.5 Å². The Hall–Kier alpha value is -0.730. The van der Waals surface area contributed by atoms with Crippen molar-refractivity contribution >= 4 is 20.8 Å². The topological polar surface area (TPSA) is 83.1 Å². The van der Waals surface area contributed by atoms with Crippen molar-refractivity contribution in [3.63, 3.8) is 0 Å². The number of nitrogens with zero attached hydrogens (tertiary/aromatic N) is 2. The van der Waals surface area contributed by atoms with Gasteiger partial charge in [-0.2, -0.15) is 9.40 Å². The predicted octanol–water partition coefficient (Wildman–Crippen LogP) is -0.529. The normalized spacial score (nSPS) is 20.1. The molecule has 0 radical (unpaired) electrons. The Morgan fingerprint density at radius 3 is 2.56 bits per heavy atom. The highest BCUT2D eigenvalue weighted by Gasteiger charge is 2.29. The standard InChI is InChI=1S/C8H13N3O3S2/c1-7-8(6-9-10-7)16(13,14)11-2-4-15(12)5-3-11/h6H,2-5H2,1H3,(H,9,10). The molecule has 1 saturated heterocycles. The largest absolute Gasteiger partial charge is 0.281 e. The summed E-state index contributed by atoms with van der Waals surface area (Å²) in [6.45, 7) is 2.31. The van der Waals surface area contributed by atoms with E-state index in [2.05, 4.69) is 10.2 Å². The molecule has 0 spiro atoms. The molecule has 0 aromatic carbocycles. The van der Waals surface area contributed by atoms with Gasteiger partial charge in [-0.1, -0.05) is 0 Å². The van der Waals surface area contributed by atoms with Crippen molar-refractivity contribution in [1.82, 2.24) is 14.5 Å². The van der Waals surface area contributed by atoms with Gasteiger partial charge >= 0.3 is 0 Å². The van der Waals surface area contributed by atoms with Crippen molar-refractivity contribution in [3.05, 3.63) is 11.9 Å². The third-order valence-corrected chi connectivity index (χ3v) is 5.83. The summed E-state index contributed by atoms with van der Waals surface area (Å²) in [5.74, 6) is 0.826. The molecule has 1 N–H and O–H groups in total. The third-order valence-electron chi connectivity index (χ3n) is 2.54. The number of rotatable bonds is 2. The fourth-order valence-corrected chi connectivity index (χ4v) is 4.44. The number of nitrogens with one attached hydrogen (secondary N) is 1. The number of aromatic nitrogens is 2. The molecule has 1 fully saturated rings. The van der Waals surface area contributed by atoms with Gasteiger partial charge in [0, 0.05) is 35.4 Å². The highest BCUT2D eigenvalue weighted by atomic mass is 32.2. The summed E-state index contributed by atoms with van der Waals surface area (Å²) >= 11 is 0. The molecule has 2 heterocycles. The smallest absolute Gasteiger partial charge is 0.246 e. The maximum Gasteiger partial charge on any atom is 0.246 e. The zero-order valence-electron chi connectivity index (χ0n) is 8.84. The van der Waals surface area contributed by atoms with Gasteiger partial charge in [-0.15, -0.1) is 0 Å². The minimum Gasteiger partial charge on any atom is -0.281 e. The summed E-state index contributed by atoms with van der Waals surface area (Å²) in [7, 11) is -4.35. The molecule has 0 unspecified atom stereocenters. The van der Waals surface area contributed by atoms with E-state index in [0.29, 0.717) is 30.3 Å². The molecule has 1 aliphatic rings. The molecule has 0 aliphatic carbocycles. The summed E-state index contributed by atoms with van der Waals surface area (Å²) in [6.07, 6.45) is 1.32. The first kappa shape index (κ1) is 11.7. The van der Waals surface area contributed by atoms with E-state index in [1.807, 2.05) is 0 Å². The van der Waals surface area contributed by atoms with Crippen LogP contribution >= 0.6 is 0 Å². The van der Waals surface area contributed by atoms with Crippen molar-refractivity contribution in [1.29, 1.82) is 0 Å². The molecule has 6 nitrogen and oxygen atoms in total. The SMILES string of the molecule is Cc1[nH]ncc1S(=O)(=O)N1CCS(=O)CC1. The molecule has 0 amide bonds. The molecule has 0 saturated carbocycles. The maximum absolute atomic E-state index is 12.1. The van der Waals surface area contributed by atoms with Crippen LogP contribution in [-0.4, -0.2) is 51.7 Å². The highest BCUT2D eigenvalue weighted by Crippen LogP contribution is 2.18. The summed E-state index contributed by atoms with van der Waals surface area (Å²) in [6, 6.07) is 0. The Kier molecular flexibility index (Phi) is 3.13. The Morgan fingerprint density at radius 1 is 1.44 bits per heavy atom. The Morgan fingerprint density at radius 2 is 2.06 bits per heavy atom. The van der Waals surface area contributed by atoms with Gasteiger partial charge in [0.15, 0.2) is 0 Å². The lowest BCUT2D eigenvalue weighted by Gasteiger charge is -2.25. The molecule has 1 aromatic rings. The van der Waals surface area contributed by atoms with Gasteiger partial charge in [-0.25, -0.2) is 8.42 Å². The van der Waals surface area contributed by atoms with Gasteiger partial charge in [-0.3, -0.25) is 9.31 Å². The molecule has 90 valence electrons. The number of sulfonamides is 1. The van der Waals surface area contributed by atoms with Gasteiger partial charge in [-0.05, 0) is 6.92 Å². The van der Waals surface area contributed by atoms with E-state index in [9.17, 15) is 12.6 Å². The number of aromatic amines is 1. The molecule has 1 aromatic heterocycles. The van der Waals surface area contributed by atoms with Crippen LogP contribution in [0.25, 0.3) is 0 Å². The monoisotopic (exact) mass is 263 g/mol. The van der Waals surface area contributed by atoms with E-state index in [4.69, 9.17) is 0 Å². The van der Waals surface area contributed by atoms with E-state index in [0.717, 1.165) is 0 Å². The summed E-state index contributed by atoms with van der Waals surface area (Å²) in [4.78, 5) is 0.209. The third kappa shape index (κ3) is 2.04. The van der Waals surface area contributed by atoms with Gasteiger partial charge in [0.1, 0.15) is 4.90 Å². The number of aryl methyl sites for hydroxylation is 1. The molecule has 16 heavy (non-hydrogen) atoms. The molecule has 1 aliphatic heterocycles. The first-order valence-corrected chi connectivity index (χ1v) is 7.80. The minimum absolute atomic E-state index is 0.209. The lowest BCUT2D eigenvalue weighted by molar-refractivity contribution is 0.438. The second kappa shape index (κ2) is 4.27. The van der Waals surface area contributed by atoms with Gasteiger partial charge < -0.3 is 0 Å². The van der Waals surface area contributed by atoms with Crippen molar-refractivity contribution in [2.45, 2.75) is 11.8 Å². The first-order valence-electron chi connectivity index (χ1n) is 4.87. The lowest BCUT2D eigenvalue weighted by Crippen LogP contribution is -2.41. The number of hydrogen-bond acceptors (Lipinski definition) is 4. The van der Waals surface area contributed by atoms with Gasteiger partial charge in [0.05, 0.1) is 11.9 Å². The van der Waals surface area contributed by atoms with Crippen molar-refractivity contribution < 1.29 is 12.6 Å². The fraction of sp³-hybridized carbons (Fsp3) is 0.625. The Balaban J connectivity index is 2.27. The zero-order valence-corrected chi connectivity index (χ0v) is 10.5. The summed E-state index contributed by atoms with van der Waals surface area (Å²) in [5, 5.41) is 6.31. The molecule has 0 bridgehead atoms. The van der Waals surface area contributed by atoms with Crippen LogP contribution in [0.15, 0.2) is 11.1 Å². The second-order valence-electron chi connectivity index (χ2n) is 3.61. The van der Waals surface area contributed by atoms with Crippen molar-refractivity contribution in [2.24, 2.45) is 0 Å². The quantitative estimate of drug-likeness (QED) is 0.777. The van der Waals surface area contributed by atoms with Crippen LogP contribution in [0.2, 0.25) is 0 Å². The maximum atomic E-state index is 12.1. The van der Waals surface area contributed by atoms with Crippen LogP contribution in [-0.2, 0) is 20.8 Å². The van der Waals surface area contributed by atoms with Crippen LogP contribution in [0, 0.1) is 6.92 Å². The average molecular weight is 263 g/mol. The van der Waals surface area contributed by atoms with Crippen LogP contribution in [0.5, 0.6) is 0 Å². The van der Waals surface area contributed by atoms with Crippen LogP contribution in [0.3, 0.4) is 0 Å². The van der Waals surface area contributed by atoms with Gasteiger partial charge in [0.2, 0.25) is 10.0 Å². The molecule has 8 heteroatoms. The van der Waals surface area contributed by atoms with E-state index < -0.39 is 20.8 Å². The van der Waals surface area contributed by atoms with Crippen LogP contribution in [0.1, 0.15) is 5.69 Å². The molecular formula is C8H13N3O3S2. The van der Waals surface area contributed by atoms with E-state index >= 15 is 0 Å². The zero-order chi connectivity index (χ0) is 11.8. The lowest BCUT2D eigenvalue weighted by atomic mass is 10.5. The number of hydrogen-bond donors (Lipinski definition) is 1. The molecule has 2 rings (SSSR count). The Labute approximate surface area is 96.5 Å². The van der Waals surface area contributed by atoms with Gasteiger partial charge in [0.25, 0.3) is 0 Å². The summed E-state index contributed by atoms with van der Waals surface area (Å²) in [5.41, 5.74) is 0.534.